The molecule has 1 amide bonds. The van der Waals surface area contributed by atoms with Crippen LogP contribution in [0.25, 0.3) is 10.9 Å². The van der Waals surface area contributed by atoms with E-state index in [0.717, 1.165) is 53.4 Å². The van der Waals surface area contributed by atoms with Gasteiger partial charge in [0.2, 0.25) is 0 Å². The average Bonchev–Trinajstić information content (AvgIpc) is 3.37. The molecule has 8 heteroatoms. The lowest BCUT2D eigenvalue weighted by Crippen LogP contribution is -2.35. The topological polar surface area (TPSA) is 76.1 Å². The molecule has 1 saturated heterocycles. The van der Waals surface area contributed by atoms with Crippen LogP contribution in [0.4, 0.5) is 5.00 Å². The van der Waals surface area contributed by atoms with Crippen LogP contribution in [0.2, 0.25) is 0 Å². The highest BCUT2D eigenvalue weighted by Gasteiger charge is 2.13. The molecule has 0 saturated carbocycles. The zero-order valence-electron chi connectivity index (χ0n) is 18.5. The fourth-order valence-corrected chi connectivity index (χ4v) is 4.62. The molecule has 2 aromatic carbocycles. The molecule has 1 aliphatic heterocycles. The van der Waals surface area contributed by atoms with Crippen molar-refractivity contribution < 1.29 is 14.3 Å². The quantitative estimate of drug-likeness (QED) is 0.317. The molecule has 0 unspecified atom stereocenters. The monoisotopic (exact) mass is 472 g/mol. The number of fused-ring (bicyclic) bond motifs is 1. The van der Waals surface area contributed by atoms with Crippen LogP contribution in [-0.2, 0) is 11.3 Å². The molecule has 1 fully saturated rings. The third kappa shape index (κ3) is 5.24. The van der Waals surface area contributed by atoms with Crippen molar-refractivity contribution in [1.29, 1.82) is 0 Å². The van der Waals surface area contributed by atoms with E-state index in [-0.39, 0.29) is 5.91 Å². The number of morpholine rings is 1. The van der Waals surface area contributed by atoms with E-state index in [2.05, 4.69) is 26.5 Å². The van der Waals surface area contributed by atoms with E-state index in [1.807, 2.05) is 48.5 Å². The van der Waals surface area contributed by atoms with Crippen molar-refractivity contribution in [3.8, 4) is 5.75 Å². The summed E-state index contributed by atoms with van der Waals surface area (Å²) in [4.78, 5) is 20.1. The third-order valence-corrected chi connectivity index (χ3v) is 6.58. The van der Waals surface area contributed by atoms with Gasteiger partial charge >= 0.3 is 0 Å². The summed E-state index contributed by atoms with van der Waals surface area (Å²) in [5, 5.41) is 6.34. The summed E-state index contributed by atoms with van der Waals surface area (Å²) in [5.74, 6) is 0.478. The molecule has 0 radical (unpaired) electrons. The lowest BCUT2D eigenvalue weighted by atomic mass is 10.1. The molecular weight excluding hydrogens is 448 g/mol. The van der Waals surface area contributed by atoms with E-state index < -0.39 is 0 Å². The van der Waals surface area contributed by atoms with Gasteiger partial charge in [0.15, 0.2) is 0 Å². The summed E-state index contributed by atoms with van der Waals surface area (Å²) in [6.45, 7) is 3.69. The Hall–Kier alpha value is -3.75. The zero-order valence-corrected chi connectivity index (χ0v) is 19.3. The summed E-state index contributed by atoms with van der Waals surface area (Å²) in [5.41, 5.74) is 4.93. The lowest BCUT2D eigenvalue weighted by Gasteiger charge is -2.27. The Labute approximate surface area is 201 Å². The number of pyridine rings is 1. The van der Waals surface area contributed by atoms with Crippen LogP contribution in [0.3, 0.4) is 0 Å². The van der Waals surface area contributed by atoms with Crippen molar-refractivity contribution in [2.24, 2.45) is 5.10 Å². The minimum Gasteiger partial charge on any atom is -0.487 e. The fraction of sp³-hybridized carbons (Fsp3) is 0.192. The van der Waals surface area contributed by atoms with Crippen molar-refractivity contribution in [2.45, 2.75) is 6.61 Å². The van der Waals surface area contributed by atoms with Crippen LogP contribution >= 0.6 is 11.3 Å². The Morgan fingerprint density at radius 3 is 2.76 bits per heavy atom. The van der Waals surface area contributed by atoms with Gasteiger partial charge in [-0.1, -0.05) is 30.3 Å². The van der Waals surface area contributed by atoms with Crippen molar-refractivity contribution in [3.05, 3.63) is 88.9 Å². The molecule has 0 atom stereocenters. The van der Waals surface area contributed by atoms with Gasteiger partial charge in [-0.25, -0.2) is 5.43 Å². The van der Waals surface area contributed by atoms with E-state index >= 15 is 0 Å². The van der Waals surface area contributed by atoms with Crippen LogP contribution in [0.5, 0.6) is 5.75 Å². The van der Waals surface area contributed by atoms with Gasteiger partial charge in [0, 0.05) is 35.1 Å². The van der Waals surface area contributed by atoms with Crippen LogP contribution < -0.4 is 15.1 Å². The summed E-state index contributed by atoms with van der Waals surface area (Å²) in [7, 11) is 0. The fourth-order valence-electron chi connectivity index (χ4n) is 3.69. The molecule has 2 aromatic heterocycles. The second-order valence-electron chi connectivity index (χ2n) is 7.79. The van der Waals surface area contributed by atoms with E-state index in [4.69, 9.17) is 9.47 Å². The van der Waals surface area contributed by atoms with Gasteiger partial charge in [-0.05, 0) is 42.0 Å². The zero-order chi connectivity index (χ0) is 23.2. The molecule has 1 aliphatic rings. The van der Waals surface area contributed by atoms with Crippen molar-refractivity contribution in [1.82, 2.24) is 10.4 Å². The molecule has 0 spiro atoms. The maximum Gasteiger partial charge on any atom is 0.271 e. The smallest absolute Gasteiger partial charge is 0.271 e. The number of hydrazone groups is 1. The van der Waals surface area contributed by atoms with Crippen molar-refractivity contribution in [2.75, 3.05) is 31.2 Å². The first-order valence-corrected chi connectivity index (χ1v) is 11.9. The maximum atomic E-state index is 12.4. The largest absolute Gasteiger partial charge is 0.487 e. The van der Waals surface area contributed by atoms with Crippen LogP contribution in [0.15, 0.2) is 78.0 Å². The highest BCUT2D eigenvalue weighted by molar-refractivity contribution is 7.17. The van der Waals surface area contributed by atoms with Crippen LogP contribution in [0.1, 0.15) is 20.8 Å². The number of hydrogen-bond donors (Lipinski definition) is 1. The number of anilines is 1. The second kappa shape index (κ2) is 10.5. The maximum absolute atomic E-state index is 12.4. The van der Waals surface area contributed by atoms with Gasteiger partial charge in [0.05, 0.1) is 24.4 Å². The average molecular weight is 473 g/mol. The van der Waals surface area contributed by atoms with E-state index in [1.54, 1.807) is 35.9 Å². The number of nitrogens with zero attached hydrogens (tertiary/aromatic N) is 3. The molecule has 172 valence electrons. The first-order valence-electron chi connectivity index (χ1n) is 11.1. The Bertz CT molecular complexity index is 1290. The van der Waals surface area contributed by atoms with Gasteiger partial charge in [0.1, 0.15) is 17.9 Å². The van der Waals surface area contributed by atoms with E-state index in [1.165, 1.54) is 5.00 Å². The number of benzene rings is 2. The van der Waals surface area contributed by atoms with Gasteiger partial charge < -0.3 is 14.4 Å². The Morgan fingerprint density at radius 2 is 1.91 bits per heavy atom. The SMILES string of the molecule is O=C(NN=Cc1ccc(N2CCOCC2)s1)c1ccc(COc2cccc3cccnc23)cc1. The number of rotatable bonds is 7. The predicted octanol–water partition coefficient (Wildman–Crippen LogP) is 4.48. The standard InChI is InChI=1S/C26H24N4O3S/c31-26(29-28-17-22-10-11-24(34-22)30-13-15-32-16-14-30)21-8-6-19(7-9-21)18-33-23-5-1-3-20-4-2-12-27-25(20)23/h1-12,17H,13-16,18H2,(H,29,31). The number of amides is 1. The number of carbonyl (C=O) groups is 1. The van der Waals surface area contributed by atoms with Crippen molar-refractivity contribution in [3.63, 3.8) is 0 Å². The van der Waals surface area contributed by atoms with Gasteiger partial charge in [-0.3, -0.25) is 9.78 Å². The normalized spacial score (nSPS) is 13.9. The van der Waals surface area contributed by atoms with Crippen LogP contribution in [-0.4, -0.2) is 43.4 Å². The Balaban J connectivity index is 1.14. The number of ether oxygens (including phenoxy) is 2. The summed E-state index contributed by atoms with van der Waals surface area (Å²) >= 11 is 1.64. The molecule has 7 nitrogen and oxygen atoms in total. The number of carbonyl (C=O) groups excluding carboxylic acids is 1. The summed E-state index contributed by atoms with van der Waals surface area (Å²) in [6.07, 6.45) is 3.43. The molecule has 3 heterocycles. The molecule has 5 rings (SSSR count). The lowest BCUT2D eigenvalue weighted by molar-refractivity contribution is 0.0955. The third-order valence-electron chi connectivity index (χ3n) is 5.50. The molecule has 0 aliphatic carbocycles. The number of para-hydroxylation sites is 1. The van der Waals surface area contributed by atoms with Crippen LogP contribution in [0, 0.1) is 0 Å². The molecule has 4 aromatic rings. The minimum absolute atomic E-state index is 0.257. The highest BCUT2D eigenvalue weighted by atomic mass is 32.1. The number of nitrogens with one attached hydrogen (secondary N) is 1. The van der Waals surface area contributed by atoms with E-state index in [9.17, 15) is 4.79 Å². The minimum atomic E-state index is -0.257. The first kappa shape index (κ1) is 22.1. The predicted molar refractivity (Wildman–Crippen MR) is 135 cm³/mol. The second-order valence-corrected chi connectivity index (χ2v) is 8.89. The number of hydrogen-bond acceptors (Lipinski definition) is 7. The van der Waals surface area contributed by atoms with Gasteiger partial charge in [-0.15, -0.1) is 11.3 Å². The van der Waals surface area contributed by atoms with Gasteiger partial charge in [-0.2, -0.15) is 5.10 Å². The first-order chi connectivity index (χ1) is 16.8. The molecule has 0 bridgehead atoms. The summed E-state index contributed by atoms with van der Waals surface area (Å²) < 4.78 is 11.4. The van der Waals surface area contributed by atoms with Gasteiger partial charge in [0.25, 0.3) is 5.91 Å². The number of aromatic nitrogens is 1. The number of thiophene rings is 1. The summed E-state index contributed by atoms with van der Waals surface area (Å²) in [6, 6.07) is 21.2. The highest BCUT2D eigenvalue weighted by Crippen LogP contribution is 2.26. The molecule has 1 N–H and O–H groups in total. The Morgan fingerprint density at radius 1 is 1.09 bits per heavy atom. The Kier molecular flexibility index (Phi) is 6.78. The molecule has 34 heavy (non-hydrogen) atoms. The van der Waals surface area contributed by atoms with E-state index in [0.29, 0.717) is 12.2 Å². The van der Waals surface area contributed by atoms with Crippen molar-refractivity contribution >= 4 is 39.4 Å². The molecular formula is C26H24N4O3S.